The standard InChI is InChI=1S/C23H28N2O2S2/c1-22(2,3)18-8-6-17(7-9-18)20(26)25-14-16-29-23(25)10-12-24(13-11-23)21(27)19-5-4-15-28-19/h4-9,15H,10-14,16H2,1-3H3. The van der Waals surface area contributed by atoms with E-state index in [1.54, 1.807) is 0 Å². The summed E-state index contributed by atoms with van der Waals surface area (Å²) in [4.78, 5) is 30.6. The Kier molecular flexibility index (Phi) is 5.51. The van der Waals surface area contributed by atoms with Crippen molar-refractivity contribution in [3.05, 3.63) is 57.8 Å². The molecule has 4 rings (SSSR count). The van der Waals surface area contributed by atoms with Gasteiger partial charge in [-0.1, -0.05) is 39.0 Å². The van der Waals surface area contributed by atoms with Gasteiger partial charge in [0, 0.05) is 31.0 Å². The largest absolute Gasteiger partial charge is 0.338 e. The van der Waals surface area contributed by atoms with Crippen LogP contribution in [-0.4, -0.2) is 51.9 Å². The molecule has 154 valence electrons. The highest BCUT2D eigenvalue weighted by Gasteiger charge is 2.47. The van der Waals surface area contributed by atoms with Crippen LogP contribution < -0.4 is 0 Å². The second kappa shape index (κ2) is 7.80. The van der Waals surface area contributed by atoms with Crippen molar-refractivity contribution in [3.8, 4) is 0 Å². The number of carbonyl (C=O) groups excluding carboxylic acids is 2. The molecule has 1 spiro atoms. The average molecular weight is 429 g/mol. The van der Waals surface area contributed by atoms with Crippen LogP contribution in [0.15, 0.2) is 41.8 Å². The molecule has 2 fully saturated rings. The second-order valence-corrected chi connectivity index (χ2v) is 11.3. The number of likely N-dealkylation sites (tertiary alicyclic amines) is 1. The van der Waals surface area contributed by atoms with Gasteiger partial charge in [-0.2, -0.15) is 0 Å². The minimum atomic E-state index is -0.175. The lowest BCUT2D eigenvalue weighted by Crippen LogP contribution is -2.53. The molecule has 0 atom stereocenters. The summed E-state index contributed by atoms with van der Waals surface area (Å²) in [6, 6.07) is 11.9. The summed E-state index contributed by atoms with van der Waals surface area (Å²) < 4.78 is 0. The second-order valence-electron chi connectivity index (χ2n) is 8.85. The van der Waals surface area contributed by atoms with Gasteiger partial charge in [-0.15, -0.1) is 23.1 Å². The molecular formula is C23H28N2O2S2. The van der Waals surface area contributed by atoms with Crippen LogP contribution in [0.25, 0.3) is 0 Å². The van der Waals surface area contributed by atoms with E-state index in [4.69, 9.17) is 0 Å². The van der Waals surface area contributed by atoms with Crippen LogP contribution >= 0.6 is 23.1 Å². The first-order chi connectivity index (χ1) is 13.8. The van der Waals surface area contributed by atoms with Gasteiger partial charge in [0.15, 0.2) is 0 Å². The lowest BCUT2D eigenvalue weighted by Gasteiger charge is -2.44. The summed E-state index contributed by atoms with van der Waals surface area (Å²) in [5.74, 6) is 1.20. The van der Waals surface area contributed by atoms with Gasteiger partial charge in [-0.25, -0.2) is 0 Å². The fraction of sp³-hybridized carbons (Fsp3) is 0.478. The van der Waals surface area contributed by atoms with Crippen molar-refractivity contribution in [1.82, 2.24) is 9.80 Å². The number of thiophene rings is 1. The highest BCUT2D eigenvalue weighted by molar-refractivity contribution is 8.00. The number of piperidine rings is 1. The Labute approximate surface area is 181 Å². The van der Waals surface area contributed by atoms with Crippen LogP contribution in [0.3, 0.4) is 0 Å². The molecule has 3 heterocycles. The quantitative estimate of drug-likeness (QED) is 0.685. The van der Waals surface area contributed by atoms with E-state index in [0.717, 1.165) is 35.6 Å². The third kappa shape index (κ3) is 3.97. The van der Waals surface area contributed by atoms with E-state index in [-0.39, 0.29) is 22.1 Å². The molecule has 1 aromatic heterocycles. The molecule has 2 aliphatic heterocycles. The molecule has 1 aromatic carbocycles. The average Bonchev–Trinajstić information content (AvgIpc) is 3.38. The van der Waals surface area contributed by atoms with Crippen molar-refractivity contribution in [2.75, 3.05) is 25.4 Å². The summed E-state index contributed by atoms with van der Waals surface area (Å²) in [5.41, 5.74) is 2.07. The van der Waals surface area contributed by atoms with Crippen molar-refractivity contribution >= 4 is 34.9 Å². The van der Waals surface area contributed by atoms with E-state index in [9.17, 15) is 9.59 Å². The van der Waals surface area contributed by atoms with E-state index in [1.807, 2.05) is 46.3 Å². The Bertz CT molecular complexity index is 877. The number of carbonyl (C=O) groups is 2. The van der Waals surface area contributed by atoms with Crippen LogP contribution in [0.1, 0.15) is 59.2 Å². The van der Waals surface area contributed by atoms with Gasteiger partial charge >= 0.3 is 0 Å². The van der Waals surface area contributed by atoms with Gasteiger partial charge in [0.1, 0.15) is 0 Å². The van der Waals surface area contributed by atoms with Crippen molar-refractivity contribution < 1.29 is 9.59 Å². The summed E-state index contributed by atoms with van der Waals surface area (Å²) >= 11 is 3.38. The topological polar surface area (TPSA) is 40.6 Å². The molecule has 0 N–H and O–H groups in total. The maximum atomic E-state index is 13.3. The number of rotatable bonds is 2. The maximum absolute atomic E-state index is 13.3. The van der Waals surface area contributed by atoms with Gasteiger partial charge in [0.2, 0.25) is 0 Å². The van der Waals surface area contributed by atoms with Crippen molar-refractivity contribution in [3.63, 3.8) is 0 Å². The molecular weight excluding hydrogens is 400 g/mol. The third-order valence-electron chi connectivity index (χ3n) is 5.98. The van der Waals surface area contributed by atoms with Gasteiger partial charge in [0.25, 0.3) is 11.8 Å². The van der Waals surface area contributed by atoms with E-state index >= 15 is 0 Å². The first-order valence-corrected chi connectivity index (χ1v) is 12.1. The fourth-order valence-electron chi connectivity index (χ4n) is 4.19. The lowest BCUT2D eigenvalue weighted by molar-refractivity contribution is 0.0500. The highest BCUT2D eigenvalue weighted by Crippen LogP contribution is 2.44. The Morgan fingerprint density at radius 3 is 2.24 bits per heavy atom. The number of benzene rings is 1. The van der Waals surface area contributed by atoms with Crippen LogP contribution in [0.2, 0.25) is 0 Å². The van der Waals surface area contributed by atoms with Gasteiger partial charge in [-0.05, 0) is 47.4 Å². The van der Waals surface area contributed by atoms with E-state index in [0.29, 0.717) is 13.1 Å². The van der Waals surface area contributed by atoms with Crippen molar-refractivity contribution in [2.24, 2.45) is 0 Å². The van der Waals surface area contributed by atoms with Crippen molar-refractivity contribution in [1.29, 1.82) is 0 Å². The monoisotopic (exact) mass is 428 g/mol. The zero-order valence-electron chi connectivity index (χ0n) is 17.3. The molecule has 0 bridgehead atoms. The summed E-state index contributed by atoms with van der Waals surface area (Å²) in [6.45, 7) is 8.74. The number of amides is 2. The smallest absolute Gasteiger partial charge is 0.263 e. The summed E-state index contributed by atoms with van der Waals surface area (Å²) in [7, 11) is 0. The first-order valence-electron chi connectivity index (χ1n) is 10.2. The van der Waals surface area contributed by atoms with Crippen LogP contribution in [0.5, 0.6) is 0 Å². The fourth-order valence-corrected chi connectivity index (χ4v) is 6.34. The lowest BCUT2D eigenvalue weighted by atomic mass is 9.86. The molecule has 2 aromatic rings. The molecule has 2 saturated heterocycles. The van der Waals surface area contributed by atoms with E-state index in [1.165, 1.54) is 16.9 Å². The van der Waals surface area contributed by atoms with Crippen LogP contribution in [0.4, 0.5) is 0 Å². The molecule has 0 unspecified atom stereocenters. The van der Waals surface area contributed by atoms with Gasteiger partial charge < -0.3 is 9.80 Å². The molecule has 6 heteroatoms. The normalized spacial score (nSPS) is 19.0. The number of hydrogen-bond acceptors (Lipinski definition) is 4. The molecule has 2 amide bonds. The molecule has 0 saturated carbocycles. The molecule has 4 nitrogen and oxygen atoms in total. The van der Waals surface area contributed by atoms with E-state index in [2.05, 4.69) is 37.8 Å². The highest BCUT2D eigenvalue weighted by atomic mass is 32.2. The first kappa shape index (κ1) is 20.5. The van der Waals surface area contributed by atoms with Crippen molar-refractivity contribution in [2.45, 2.75) is 43.9 Å². The molecule has 2 aliphatic rings. The predicted molar refractivity (Wildman–Crippen MR) is 121 cm³/mol. The zero-order chi connectivity index (χ0) is 20.6. The SMILES string of the molecule is CC(C)(C)c1ccc(C(=O)N2CCSC23CCN(C(=O)c2cccs2)CC3)cc1. The number of hydrogen-bond donors (Lipinski definition) is 0. The predicted octanol–water partition coefficient (Wildman–Crippen LogP) is 4.87. The summed E-state index contributed by atoms with van der Waals surface area (Å²) in [5, 5.41) is 1.94. The van der Waals surface area contributed by atoms with E-state index < -0.39 is 0 Å². The Balaban J connectivity index is 1.46. The number of nitrogens with zero attached hydrogens (tertiary/aromatic N) is 2. The summed E-state index contributed by atoms with van der Waals surface area (Å²) in [6.07, 6.45) is 1.67. The van der Waals surface area contributed by atoms with Crippen LogP contribution in [0, 0.1) is 0 Å². The molecule has 29 heavy (non-hydrogen) atoms. The Morgan fingerprint density at radius 2 is 1.66 bits per heavy atom. The molecule has 0 aliphatic carbocycles. The van der Waals surface area contributed by atoms with Gasteiger partial charge in [-0.3, -0.25) is 9.59 Å². The number of thioether (sulfide) groups is 1. The Hall–Kier alpha value is -1.79. The third-order valence-corrected chi connectivity index (χ3v) is 8.40. The zero-order valence-corrected chi connectivity index (χ0v) is 18.9. The maximum Gasteiger partial charge on any atom is 0.263 e. The minimum Gasteiger partial charge on any atom is -0.338 e. The van der Waals surface area contributed by atoms with Gasteiger partial charge in [0.05, 0.1) is 9.75 Å². The minimum absolute atomic E-state index is 0.0776. The Morgan fingerprint density at radius 1 is 0.966 bits per heavy atom. The molecule has 0 radical (unpaired) electrons. The van der Waals surface area contributed by atoms with Crippen LogP contribution in [-0.2, 0) is 5.41 Å².